The molecule has 1 atom stereocenters. The standard InChI is InChI=1S/C22H30N8O5/c1-14(30-13-23-19-18(30)20(32)28(3)22(34)27(19)2)21(33)35-12-16-11-29(26-25-16)10-9-17(31)24-15-7-5-4-6-8-15/h11,13-15H,4-10,12H2,1-3H3,(H,24,31). The number of rotatable bonds is 8. The Labute approximate surface area is 200 Å². The number of aryl methyl sites for hydroxylation is 2. The number of hydrogen-bond acceptors (Lipinski definition) is 8. The Morgan fingerprint density at radius 1 is 1.17 bits per heavy atom. The van der Waals surface area contributed by atoms with E-state index >= 15 is 0 Å². The third kappa shape index (κ3) is 5.17. The number of hydrogen-bond donors (Lipinski definition) is 1. The maximum Gasteiger partial charge on any atom is 0.332 e. The second-order valence-corrected chi connectivity index (χ2v) is 8.94. The summed E-state index contributed by atoms with van der Waals surface area (Å²) in [4.78, 5) is 53.7. The first-order valence-corrected chi connectivity index (χ1v) is 11.7. The van der Waals surface area contributed by atoms with E-state index in [4.69, 9.17) is 4.74 Å². The zero-order valence-electron chi connectivity index (χ0n) is 20.1. The van der Waals surface area contributed by atoms with Crippen LogP contribution < -0.4 is 16.6 Å². The van der Waals surface area contributed by atoms with Crippen LogP contribution in [0.3, 0.4) is 0 Å². The van der Waals surface area contributed by atoms with Crippen molar-refractivity contribution in [3.8, 4) is 0 Å². The van der Waals surface area contributed by atoms with E-state index in [0.717, 1.165) is 30.3 Å². The predicted octanol–water partition coefficient (Wildman–Crippen LogP) is 0.169. The second-order valence-electron chi connectivity index (χ2n) is 8.94. The highest BCUT2D eigenvalue weighted by Gasteiger charge is 2.23. The van der Waals surface area contributed by atoms with E-state index in [1.807, 2.05) is 0 Å². The van der Waals surface area contributed by atoms with Crippen molar-refractivity contribution in [2.45, 2.75) is 70.7 Å². The molecule has 1 N–H and O–H groups in total. The number of carbonyl (C=O) groups excluding carboxylic acids is 2. The lowest BCUT2D eigenvalue weighted by molar-refractivity contribution is -0.148. The van der Waals surface area contributed by atoms with Gasteiger partial charge in [-0.2, -0.15) is 0 Å². The van der Waals surface area contributed by atoms with Crippen LogP contribution in [-0.4, -0.2) is 51.6 Å². The summed E-state index contributed by atoms with van der Waals surface area (Å²) in [5.74, 6) is -0.605. The van der Waals surface area contributed by atoms with Gasteiger partial charge in [0.15, 0.2) is 11.2 Å². The van der Waals surface area contributed by atoms with Gasteiger partial charge in [0.05, 0.1) is 19.1 Å². The molecule has 0 radical (unpaired) electrons. The fraction of sp³-hybridized carbons (Fsp3) is 0.591. The van der Waals surface area contributed by atoms with E-state index in [1.165, 1.54) is 36.0 Å². The van der Waals surface area contributed by atoms with E-state index in [2.05, 4.69) is 20.6 Å². The van der Waals surface area contributed by atoms with Crippen LogP contribution >= 0.6 is 0 Å². The van der Waals surface area contributed by atoms with Crippen LogP contribution in [0.5, 0.6) is 0 Å². The summed E-state index contributed by atoms with van der Waals surface area (Å²) in [6, 6.07) is -0.592. The molecule has 1 aliphatic carbocycles. The van der Waals surface area contributed by atoms with Crippen LogP contribution in [0, 0.1) is 0 Å². The maximum atomic E-state index is 12.7. The summed E-state index contributed by atoms with van der Waals surface area (Å²) >= 11 is 0. The Balaban J connectivity index is 1.33. The maximum absolute atomic E-state index is 12.7. The van der Waals surface area contributed by atoms with Gasteiger partial charge in [-0.3, -0.25) is 23.4 Å². The Morgan fingerprint density at radius 3 is 2.66 bits per heavy atom. The highest BCUT2D eigenvalue weighted by molar-refractivity contribution is 5.78. The SMILES string of the molecule is CC(C(=O)OCc1cn(CCC(=O)NC2CCCCC2)nn1)n1cnc2c1c(=O)n(C)c(=O)n2C. The highest BCUT2D eigenvalue weighted by atomic mass is 16.5. The summed E-state index contributed by atoms with van der Waals surface area (Å²) in [7, 11) is 2.88. The van der Waals surface area contributed by atoms with Crippen molar-refractivity contribution in [3.63, 3.8) is 0 Å². The van der Waals surface area contributed by atoms with Gasteiger partial charge in [-0.15, -0.1) is 5.10 Å². The minimum Gasteiger partial charge on any atom is -0.458 e. The average molecular weight is 487 g/mol. The van der Waals surface area contributed by atoms with E-state index in [1.54, 1.807) is 17.8 Å². The third-order valence-corrected chi connectivity index (χ3v) is 6.42. The quantitative estimate of drug-likeness (QED) is 0.443. The van der Waals surface area contributed by atoms with Crippen molar-refractivity contribution >= 4 is 23.0 Å². The summed E-state index contributed by atoms with van der Waals surface area (Å²) in [5, 5.41) is 11.1. The van der Waals surface area contributed by atoms with Crippen molar-refractivity contribution < 1.29 is 14.3 Å². The Hall–Kier alpha value is -3.77. The predicted molar refractivity (Wildman–Crippen MR) is 124 cm³/mol. The molecule has 13 nitrogen and oxygen atoms in total. The van der Waals surface area contributed by atoms with Crippen LogP contribution in [0.4, 0.5) is 0 Å². The monoisotopic (exact) mass is 486 g/mol. The van der Waals surface area contributed by atoms with E-state index in [-0.39, 0.29) is 29.7 Å². The normalized spacial score (nSPS) is 15.3. The molecular formula is C22H30N8O5. The number of nitrogens with zero attached hydrogens (tertiary/aromatic N) is 7. The van der Waals surface area contributed by atoms with Gasteiger partial charge in [0.2, 0.25) is 5.91 Å². The van der Waals surface area contributed by atoms with Gasteiger partial charge in [-0.05, 0) is 19.8 Å². The van der Waals surface area contributed by atoms with Crippen molar-refractivity contribution in [2.24, 2.45) is 14.1 Å². The molecule has 1 amide bonds. The van der Waals surface area contributed by atoms with Crippen LogP contribution in [-0.2, 0) is 41.6 Å². The Kier molecular flexibility index (Phi) is 7.12. The number of carbonyl (C=O) groups is 2. The number of esters is 1. The zero-order valence-corrected chi connectivity index (χ0v) is 20.1. The zero-order chi connectivity index (χ0) is 25.1. The molecular weight excluding hydrogens is 456 g/mol. The number of ether oxygens (including phenoxy) is 1. The van der Waals surface area contributed by atoms with E-state index in [9.17, 15) is 19.2 Å². The smallest absolute Gasteiger partial charge is 0.332 e. The average Bonchev–Trinajstić information content (AvgIpc) is 3.51. The number of amides is 1. The molecule has 4 rings (SSSR count). The fourth-order valence-corrected chi connectivity index (χ4v) is 4.31. The van der Waals surface area contributed by atoms with Crippen LogP contribution in [0.1, 0.15) is 57.2 Å². The van der Waals surface area contributed by atoms with Gasteiger partial charge in [0.1, 0.15) is 18.3 Å². The number of aromatic nitrogens is 7. The second kappa shape index (κ2) is 10.2. The minimum absolute atomic E-state index is 0.00889. The van der Waals surface area contributed by atoms with Crippen LogP contribution in [0.2, 0.25) is 0 Å². The molecule has 3 aromatic rings. The first-order chi connectivity index (χ1) is 16.8. The van der Waals surface area contributed by atoms with Crippen LogP contribution in [0.25, 0.3) is 11.2 Å². The molecule has 188 valence electrons. The van der Waals surface area contributed by atoms with Gasteiger partial charge in [-0.25, -0.2) is 14.6 Å². The highest BCUT2D eigenvalue weighted by Crippen LogP contribution is 2.17. The van der Waals surface area contributed by atoms with Gasteiger partial charge >= 0.3 is 11.7 Å². The van der Waals surface area contributed by atoms with Gasteiger partial charge < -0.3 is 14.6 Å². The summed E-state index contributed by atoms with van der Waals surface area (Å²) in [6.07, 6.45) is 8.87. The van der Waals surface area contributed by atoms with Crippen molar-refractivity contribution in [1.29, 1.82) is 0 Å². The van der Waals surface area contributed by atoms with Gasteiger partial charge in [-0.1, -0.05) is 24.5 Å². The molecule has 35 heavy (non-hydrogen) atoms. The lowest BCUT2D eigenvalue weighted by Gasteiger charge is -2.22. The van der Waals surface area contributed by atoms with Crippen LogP contribution in [0.15, 0.2) is 22.1 Å². The lowest BCUT2D eigenvalue weighted by Crippen LogP contribution is -2.38. The molecule has 0 aromatic carbocycles. The topological polar surface area (TPSA) is 148 Å². The van der Waals surface area contributed by atoms with Crippen molar-refractivity contribution in [3.05, 3.63) is 39.1 Å². The largest absolute Gasteiger partial charge is 0.458 e. The molecule has 0 bridgehead atoms. The summed E-state index contributed by atoms with van der Waals surface area (Å²) in [6.45, 7) is 1.84. The Morgan fingerprint density at radius 2 is 1.91 bits per heavy atom. The number of fused-ring (bicyclic) bond motifs is 1. The molecule has 1 unspecified atom stereocenters. The molecule has 1 saturated carbocycles. The minimum atomic E-state index is -0.858. The van der Waals surface area contributed by atoms with Crippen molar-refractivity contribution in [2.75, 3.05) is 0 Å². The summed E-state index contributed by atoms with van der Waals surface area (Å²) in [5.41, 5.74) is -0.287. The molecule has 1 aliphatic rings. The molecule has 3 heterocycles. The number of nitrogens with one attached hydrogen (secondary N) is 1. The third-order valence-electron chi connectivity index (χ3n) is 6.42. The van der Waals surface area contributed by atoms with E-state index < -0.39 is 23.3 Å². The molecule has 3 aromatic heterocycles. The summed E-state index contributed by atoms with van der Waals surface area (Å²) < 4.78 is 10.5. The van der Waals surface area contributed by atoms with Crippen molar-refractivity contribution in [1.82, 2.24) is 39.0 Å². The first kappa shape index (κ1) is 24.4. The molecule has 0 spiro atoms. The first-order valence-electron chi connectivity index (χ1n) is 11.7. The molecule has 0 aliphatic heterocycles. The Bertz CT molecular complexity index is 1340. The molecule has 13 heteroatoms. The van der Waals surface area contributed by atoms with Gasteiger partial charge in [0.25, 0.3) is 5.56 Å². The molecule has 0 saturated heterocycles. The lowest BCUT2D eigenvalue weighted by atomic mass is 9.95. The molecule has 1 fully saturated rings. The van der Waals surface area contributed by atoms with E-state index in [0.29, 0.717) is 18.7 Å². The van der Waals surface area contributed by atoms with Gasteiger partial charge in [0, 0.05) is 26.6 Å². The fourth-order valence-electron chi connectivity index (χ4n) is 4.31. The number of imidazole rings is 1.